The molecule has 18 heavy (non-hydrogen) atoms. The van der Waals surface area contributed by atoms with E-state index < -0.39 is 0 Å². The molecule has 0 saturated carbocycles. The van der Waals surface area contributed by atoms with Crippen LogP contribution in [0.5, 0.6) is 0 Å². The summed E-state index contributed by atoms with van der Waals surface area (Å²) in [6.45, 7) is 4.00. The van der Waals surface area contributed by atoms with E-state index in [1.165, 1.54) is 0 Å². The zero-order chi connectivity index (χ0) is 13.3. The van der Waals surface area contributed by atoms with Crippen LogP contribution in [-0.2, 0) is 0 Å². The Kier molecular flexibility index (Phi) is 3.19. The zero-order valence-electron chi connectivity index (χ0n) is 11.1. The molecule has 4 nitrogen and oxygen atoms in total. The Bertz CT molecular complexity index is 623. The predicted molar refractivity (Wildman–Crippen MR) is 71.8 cm³/mol. The Labute approximate surface area is 107 Å². The summed E-state index contributed by atoms with van der Waals surface area (Å²) >= 11 is 0. The summed E-state index contributed by atoms with van der Waals surface area (Å²) in [5.74, 6) is -0.0387. The Morgan fingerprint density at radius 2 is 2.06 bits per heavy atom. The number of aryl methyl sites for hydroxylation is 2. The van der Waals surface area contributed by atoms with Crippen LogP contribution in [0.15, 0.2) is 30.6 Å². The predicted octanol–water partition coefficient (Wildman–Crippen LogP) is 2.21. The maximum absolute atomic E-state index is 12.1. The second-order valence-electron chi connectivity index (χ2n) is 4.65. The van der Waals surface area contributed by atoms with Gasteiger partial charge < -0.3 is 4.90 Å². The summed E-state index contributed by atoms with van der Waals surface area (Å²) in [6.07, 6.45) is 4.93. The normalized spacial score (nSPS) is 11.3. The molecule has 0 bridgehead atoms. The molecule has 0 aromatic carbocycles. The number of hydrogen-bond acceptors (Lipinski definition) is 3. The minimum atomic E-state index is -0.0387. The number of nitrogens with zero attached hydrogens (tertiary/aromatic N) is 3. The van der Waals surface area contributed by atoms with Crippen molar-refractivity contribution in [2.24, 2.45) is 0 Å². The van der Waals surface area contributed by atoms with Crippen LogP contribution in [0.4, 0.5) is 0 Å². The summed E-state index contributed by atoms with van der Waals surface area (Å²) in [4.78, 5) is 18.2. The third kappa shape index (κ3) is 2.27. The van der Waals surface area contributed by atoms with Crippen LogP contribution in [0, 0.1) is 13.8 Å². The summed E-state index contributed by atoms with van der Waals surface area (Å²) in [5, 5.41) is 0. The minimum Gasteiger partial charge on any atom is -0.383 e. The van der Waals surface area contributed by atoms with E-state index >= 15 is 0 Å². The van der Waals surface area contributed by atoms with Crippen LogP contribution in [0.25, 0.3) is 5.65 Å². The van der Waals surface area contributed by atoms with Crippen LogP contribution in [-0.4, -0.2) is 34.2 Å². The van der Waals surface area contributed by atoms with Gasteiger partial charge in [0.2, 0.25) is 5.78 Å². The molecule has 0 radical (unpaired) electrons. The minimum absolute atomic E-state index is 0.0387. The fourth-order valence-corrected chi connectivity index (χ4v) is 1.95. The quantitative estimate of drug-likeness (QED) is 0.612. The molecule has 0 aliphatic rings. The molecule has 2 rings (SSSR count). The number of fused-ring (bicyclic) bond motifs is 1. The lowest BCUT2D eigenvalue weighted by atomic mass is 10.2. The summed E-state index contributed by atoms with van der Waals surface area (Å²) in [5.41, 5.74) is 3.58. The molecule has 0 unspecified atom stereocenters. The lowest BCUT2D eigenvalue weighted by Crippen LogP contribution is -2.06. The summed E-state index contributed by atoms with van der Waals surface area (Å²) in [6, 6.07) is 4.01. The standard InChI is InChI=1S/C14H17N3O/c1-10-7-11(2)17-12(9-15-14(17)8-10)13(18)5-6-16(3)4/h5-9H,1-4H3. The van der Waals surface area contributed by atoms with Gasteiger partial charge in [-0.2, -0.15) is 0 Å². The summed E-state index contributed by atoms with van der Waals surface area (Å²) in [7, 11) is 3.76. The molecule has 2 heterocycles. The highest BCUT2D eigenvalue weighted by molar-refractivity contribution is 6.03. The van der Waals surface area contributed by atoms with E-state index in [0.717, 1.165) is 16.9 Å². The van der Waals surface area contributed by atoms with Crippen LogP contribution >= 0.6 is 0 Å². The topological polar surface area (TPSA) is 37.6 Å². The summed E-state index contributed by atoms with van der Waals surface area (Å²) < 4.78 is 1.88. The van der Waals surface area contributed by atoms with Gasteiger partial charge in [0.1, 0.15) is 11.3 Å². The highest BCUT2D eigenvalue weighted by atomic mass is 16.1. The van der Waals surface area contributed by atoms with E-state index in [9.17, 15) is 4.79 Å². The molecule has 0 spiro atoms. The first-order valence-electron chi connectivity index (χ1n) is 5.82. The van der Waals surface area contributed by atoms with Crippen molar-refractivity contribution in [3.8, 4) is 0 Å². The molecule has 0 fully saturated rings. The van der Waals surface area contributed by atoms with Gasteiger partial charge in [0.05, 0.1) is 6.20 Å². The first-order chi connectivity index (χ1) is 8.49. The van der Waals surface area contributed by atoms with E-state index in [1.54, 1.807) is 18.5 Å². The SMILES string of the molecule is Cc1cc(C)n2c(C(=O)C=CN(C)C)cnc2c1. The van der Waals surface area contributed by atoms with Gasteiger partial charge in [-0.3, -0.25) is 9.20 Å². The first kappa shape index (κ1) is 12.4. The van der Waals surface area contributed by atoms with E-state index in [1.807, 2.05) is 49.4 Å². The molecule has 0 amide bonds. The highest BCUT2D eigenvalue weighted by Gasteiger charge is 2.11. The molecule has 2 aromatic heterocycles. The molecule has 0 saturated heterocycles. The van der Waals surface area contributed by atoms with Crippen molar-refractivity contribution in [2.45, 2.75) is 13.8 Å². The number of hydrogen-bond donors (Lipinski definition) is 0. The number of ketones is 1. The third-order valence-electron chi connectivity index (χ3n) is 2.71. The van der Waals surface area contributed by atoms with Gasteiger partial charge in [-0.25, -0.2) is 4.98 Å². The Morgan fingerprint density at radius 1 is 1.33 bits per heavy atom. The number of pyridine rings is 1. The first-order valence-corrected chi connectivity index (χ1v) is 5.82. The van der Waals surface area contributed by atoms with Crippen molar-refractivity contribution >= 4 is 11.4 Å². The van der Waals surface area contributed by atoms with E-state index in [2.05, 4.69) is 4.98 Å². The largest absolute Gasteiger partial charge is 0.383 e. The lowest BCUT2D eigenvalue weighted by Gasteiger charge is -2.05. The molecule has 0 atom stereocenters. The monoisotopic (exact) mass is 243 g/mol. The van der Waals surface area contributed by atoms with Crippen LogP contribution in [0.1, 0.15) is 21.7 Å². The molecular formula is C14H17N3O. The molecule has 94 valence electrons. The van der Waals surface area contributed by atoms with Crippen LogP contribution in [0.2, 0.25) is 0 Å². The number of imidazole rings is 1. The van der Waals surface area contributed by atoms with Crippen molar-refractivity contribution in [2.75, 3.05) is 14.1 Å². The van der Waals surface area contributed by atoms with Crippen molar-refractivity contribution in [1.29, 1.82) is 0 Å². The van der Waals surface area contributed by atoms with Crippen molar-refractivity contribution < 1.29 is 4.79 Å². The fourth-order valence-electron chi connectivity index (χ4n) is 1.95. The fraction of sp³-hybridized carbons (Fsp3) is 0.286. The van der Waals surface area contributed by atoms with Gasteiger partial charge in [-0.1, -0.05) is 0 Å². The van der Waals surface area contributed by atoms with Gasteiger partial charge >= 0.3 is 0 Å². The van der Waals surface area contributed by atoms with Crippen molar-refractivity contribution in [3.05, 3.63) is 47.6 Å². The molecule has 0 N–H and O–H groups in total. The maximum Gasteiger partial charge on any atom is 0.205 e. The van der Waals surface area contributed by atoms with Gasteiger partial charge in [-0.15, -0.1) is 0 Å². The average molecular weight is 243 g/mol. The molecular weight excluding hydrogens is 226 g/mol. The highest BCUT2D eigenvalue weighted by Crippen LogP contribution is 2.14. The molecule has 4 heteroatoms. The number of carbonyl (C=O) groups excluding carboxylic acids is 1. The number of carbonyl (C=O) groups is 1. The third-order valence-corrected chi connectivity index (χ3v) is 2.71. The van der Waals surface area contributed by atoms with Gasteiger partial charge in [0.15, 0.2) is 0 Å². The number of allylic oxidation sites excluding steroid dienone is 1. The smallest absolute Gasteiger partial charge is 0.205 e. The Hall–Kier alpha value is -2.10. The van der Waals surface area contributed by atoms with Crippen molar-refractivity contribution in [1.82, 2.24) is 14.3 Å². The Morgan fingerprint density at radius 3 is 2.72 bits per heavy atom. The average Bonchev–Trinajstić information content (AvgIpc) is 2.69. The zero-order valence-corrected chi connectivity index (χ0v) is 11.1. The molecule has 0 aliphatic carbocycles. The second kappa shape index (κ2) is 4.64. The van der Waals surface area contributed by atoms with E-state index in [-0.39, 0.29) is 5.78 Å². The molecule has 2 aromatic rings. The lowest BCUT2D eigenvalue weighted by molar-refractivity contribution is 0.104. The second-order valence-corrected chi connectivity index (χ2v) is 4.65. The van der Waals surface area contributed by atoms with Crippen LogP contribution < -0.4 is 0 Å². The number of aromatic nitrogens is 2. The van der Waals surface area contributed by atoms with Gasteiger partial charge in [0, 0.05) is 32.1 Å². The maximum atomic E-state index is 12.1. The molecule has 0 aliphatic heterocycles. The Balaban J connectivity index is 2.50. The van der Waals surface area contributed by atoms with E-state index in [4.69, 9.17) is 0 Å². The van der Waals surface area contributed by atoms with Gasteiger partial charge in [0.25, 0.3) is 0 Å². The number of rotatable bonds is 3. The van der Waals surface area contributed by atoms with Gasteiger partial charge in [-0.05, 0) is 31.5 Å². The van der Waals surface area contributed by atoms with Crippen LogP contribution in [0.3, 0.4) is 0 Å². The van der Waals surface area contributed by atoms with Crippen molar-refractivity contribution in [3.63, 3.8) is 0 Å². The van der Waals surface area contributed by atoms with E-state index in [0.29, 0.717) is 5.69 Å².